The van der Waals surface area contributed by atoms with Gasteiger partial charge in [0.25, 0.3) is 5.91 Å². The fraction of sp³-hybridized carbons (Fsp3) is 0.389. The molecule has 0 saturated carbocycles. The van der Waals surface area contributed by atoms with E-state index in [9.17, 15) is 9.59 Å². The number of carbonyl (C=O) groups is 2. The second-order valence-electron chi connectivity index (χ2n) is 7.12. The Bertz CT molecular complexity index is 841. The number of amides is 2. The summed E-state index contributed by atoms with van der Waals surface area (Å²) < 4.78 is 6.14. The van der Waals surface area contributed by atoms with Crippen molar-refractivity contribution in [1.82, 2.24) is 15.1 Å². The molecule has 1 aromatic heterocycles. The molecule has 7 nitrogen and oxygen atoms in total. The first-order chi connectivity index (χ1) is 12.2. The fourth-order valence-electron chi connectivity index (χ4n) is 2.70. The second kappa shape index (κ2) is 7.11. The van der Waals surface area contributed by atoms with Gasteiger partial charge in [-0.25, -0.2) is 4.79 Å². The lowest BCUT2D eigenvalue weighted by Gasteiger charge is -2.30. The second-order valence-corrected chi connectivity index (χ2v) is 7.97. The number of anilines is 1. The molecule has 0 aliphatic carbocycles. The van der Waals surface area contributed by atoms with Gasteiger partial charge in [0.15, 0.2) is 5.82 Å². The Hall–Kier alpha value is -2.35. The molecule has 1 aliphatic rings. The highest BCUT2D eigenvalue weighted by Gasteiger charge is 2.29. The summed E-state index contributed by atoms with van der Waals surface area (Å²) in [5.41, 5.74) is 1.70. The van der Waals surface area contributed by atoms with Gasteiger partial charge >= 0.3 is 6.09 Å². The SMILES string of the molecule is CC(C)(C)OC(=O)N1CCc2[nH]nc(NC(=O)c3ccccc3Br)c2C1. The van der Waals surface area contributed by atoms with Crippen molar-refractivity contribution in [2.24, 2.45) is 0 Å². The maximum Gasteiger partial charge on any atom is 0.410 e. The average Bonchev–Trinajstić information content (AvgIpc) is 2.96. The number of benzene rings is 1. The van der Waals surface area contributed by atoms with E-state index in [2.05, 4.69) is 31.4 Å². The summed E-state index contributed by atoms with van der Waals surface area (Å²) in [6, 6.07) is 7.17. The number of H-pyrrole nitrogens is 1. The third kappa shape index (κ3) is 4.07. The van der Waals surface area contributed by atoms with Crippen molar-refractivity contribution in [3.8, 4) is 0 Å². The van der Waals surface area contributed by atoms with Gasteiger partial charge < -0.3 is 15.0 Å². The Labute approximate surface area is 160 Å². The van der Waals surface area contributed by atoms with E-state index in [4.69, 9.17) is 4.74 Å². The molecule has 0 bridgehead atoms. The summed E-state index contributed by atoms with van der Waals surface area (Å²) in [5.74, 6) is 0.176. The van der Waals surface area contributed by atoms with E-state index >= 15 is 0 Å². The number of ether oxygens (including phenoxy) is 1. The van der Waals surface area contributed by atoms with Crippen LogP contribution in [0.4, 0.5) is 10.6 Å². The number of rotatable bonds is 2. The largest absolute Gasteiger partial charge is 0.444 e. The summed E-state index contributed by atoms with van der Waals surface area (Å²) in [7, 11) is 0. The molecule has 2 heterocycles. The fourth-order valence-corrected chi connectivity index (χ4v) is 3.17. The van der Waals surface area contributed by atoms with Crippen LogP contribution >= 0.6 is 15.9 Å². The van der Waals surface area contributed by atoms with Crippen LogP contribution in [0, 0.1) is 0 Å². The van der Waals surface area contributed by atoms with E-state index in [0.29, 0.717) is 35.4 Å². The molecular weight excluding hydrogens is 400 g/mol. The maximum atomic E-state index is 12.5. The molecule has 138 valence electrons. The zero-order chi connectivity index (χ0) is 18.9. The summed E-state index contributed by atoms with van der Waals surface area (Å²) in [5, 5.41) is 9.99. The molecule has 0 radical (unpaired) electrons. The zero-order valence-corrected chi connectivity index (χ0v) is 16.5. The minimum atomic E-state index is -0.551. The van der Waals surface area contributed by atoms with Gasteiger partial charge in [0.2, 0.25) is 0 Å². The third-order valence-corrected chi connectivity index (χ3v) is 4.63. The molecule has 0 atom stereocenters. The topological polar surface area (TPSA) is 87.3 Å². The highest BCUT2D eigenvalue weighted by molar-refractivity contribution is 9.10. The molecule has 2 amide bonds. The first kappa shape index (κ1) is 18.4. The molecule has 0 fully saturated rings. The number of halogens is 1. The quantitative estimate of drug-likeness (QED) is 0.774. The number of hydrogen-bond donors (Lipinski definition) is 2. The van der Waals surface area contributed by atoms with E-state index in [1.54, 1.807) is 23.1 Å². The number of aromatic amines is 1. The van der Waals surface area contributed by atoms with Gasteiger partial charge in [-0.05, 0) is 48.8 Å². The number of nitrogens with one attached hydrogen (secondary N) is 2. The lowest BCUT2D eigenvalue weighted by atomic mass is 10.1. The number of carbonyl (C=O) groups excluding carboxylic acids is 2. The molecule has 0 saturated heterocycles. The van der Waals surface area contributed by atoms with Gasteiger partial charge in [-0.2, -0.15) is 5.10 Å². The Morgan fingerprint density at radius 2 is 2.04 bits per heavy atom. The summed E-state index contributed by atoms with van der Waals surface area (Å²) >= 11 is 3.37. The molecule has 3 rings (SSSR count). The first-order valence-electron chi connectivity index (χ1n) is 8.34. The normalized spacial score (nSPS) is 13.9. The Kier molecular flexibility index (Phi) is 5.04. The van der Waals surface area contributed by atoms with Crippen LogP contribution in [0.3, 0.4) is 0 Å². The molecule has 0 spiro atoms. The lowest BCUT2D eigenvalue weighted by molar-refractivity contribution is 0.0224. The van der Waals surface area contributed by atoms with Crippen molar-refractivity contribution < 1.29 is 14.3 Å². The van der Waals surface area contributed by atoms with Gasteiger partial charge in [0, 0.05) is 28.7 Å². The highest BCUT2D eigenvalue weighted by atomic mass is 79.9. The lowest BCUT2D eigenvalue weighted by Crippen LogP contribution is -2.40. The van der Waals surface area contributed by atoms with E-state index < -0.39 is 5.60 Å². The van der Waals surface area contributed by atoms with Crippen molar-refractivity contribution in [1.29, 1.82) is 0 Å². The van der Waals surface area contributed by atoms with E-state index in [1.807, 2.05) is 26.8 Å². The van der Waals surface area contributed by atoms with E-state index in [1.165, 1.54) is 0 Å². The summed E-state index contributed by atoms with van der Waals surface area (Å²) in [4.78, 5) is 26.5. The van der Waals surface area contributed by atoms with Gasteiger partial charge in [-0.1, -0.05) is 12.1 Å². The standard InChI is InChI=1S/C18H21BrN4O3/c1-18(2,3)26-17(25)23-9-8-14-12(10-23)15(22-21-14)20-16(24)11-6-4-5-7-13(11)19/h4-7H,8-10H2,1-3H3,(H2,20,21,22,24). The third-order valence-electron chi connectivity index (χ3n) is 3.94. The van der Waals surface area contributed by atoms with Crippen LogP contribution in [0.15, 0.2) is 28.7 Å². The summed E-state index contributed by atoms with van der Waals surface area (Å²) in [6.07, 6.45) is 0.263. The van der Waals surface area contributed by atoms with Crippen LogP contribution in [0.2, 0.25) is 0 Å². The number of fused-ring (bicyclic) bond motifs is 1. The summed E-state index contributed by atoms with van der Waals surface area (Å²) in [6.45, 7) is 6.39. The number of aromatic nitrogens is 2. The number of hydrogen-bond acceptors (Lipinski definition) is 4. The van der Waals surface area contributed by atoms with Gasteiger partial charge in [-0.3, -0.25) is 9.89 Å². The van der Waals surface area contributed by atoms with E-state index in [0.717, 1.165) is 11.3 Å². The molecule has 0 unspecified atom stereocenters. The first-order valence-corrected chi connectivity index (χ1v) is 9.14. The molecule has 8 heteroatoms. The monoisotopic (exact) mass is 420 g/mol. The maximum absolute atomic E-state index is 12.5. The van der Waals surface area contributed by atoms with Crippen LogP contribution in [0.5, 0.6) is 0 Å². The minimum absolute atomic E-state index is 0.263. The van der Waals surface area contributed by atoms with E-state index in [-0.39, 0.29) is 12.0 Å². The Morgan fingerprint density at radius 1 is 1.31 bits per heavy atom. The van der Waals surface area contributed by atoms with Crippen LogP contribution in [0.25, 0.3) is 0 Å². The van der Waals surface area contributed by atoms with Gasteiger partial charge in [0.05, 0.1) is 12.1 Å². The molecule has 2 N–H and O–H groups in total. The predicted octanol–water partition coefficient (Wildman–Crippen LogP) is 3.72. The zero-order valence-electron chi connectivity index (χ0n) is 14.9. The van der Waals surface area contributed by atoms with Crippen molar-refractivity contribution in [3.63, 3.8) is 0 Å². The Balaban J connectivity index is 1.75. The average molecular weight is 421 g/mol. The van der Waals surface area contributed by atoms with Crippen LogP contribution in [-0.4, -0.2) is 39.2 Å². The van der Waals surface area contributed by atoms with Gasteiger partial charge in [-0.15, -0.1) is 0 Å². The van der Waals surface area contributed by atoms with Crippen molar-refractivity contribution in [3.05, 3.63) is 45.6 Å². The van der Waals surface area contributed by atoms with Crippen LogP contribution < -0.4 is 5.32 Å². The van der Waals surface area contributed by atoms with Crippen molar-refractivity contribution in [2.45, 2.75) is 39.3 Å². The minimum Gasteiger partial charge on any atom is -0.444 e. The van der Waals surface area contributed by atoms with Crippen LogP contribution in [-0.2, 0) is 17.7 Å². The number of nitrogens with zero attached hydrogens (tertiary/aromatic N) is 2. The molecular formula is C18H21BrN4O3. The molecule has 1 aromatic carbocycles. The van der Waals surface area contributed by atoms with Crippen LogP contribution in [0.1, 0.15) is 42.4 Å². The predicted molar refractivity (Wildman–Crippen MR) is 101 cm³/mol. The molecule has 26 heavy (non-hydrogen) atoms. The Morgan fingerprint density at radius 3 is 2.73 bits per heavy atom. The van der Waals surface area contributed by atoms with Gasteiger partial charge in [0.1, 0.15) is 5.60 Å². The van der Waals surface area contributed by atoms with Crippen molar-refractivity contribution >= 4 is 33.7 Å². The highest BCUT2D eigenvalue weighted by Crippen LogP contribution is 2.26. The smallest absolute Gasteiger partial charge is 0.410 e. The van der Waals surface area contributed by atoms with Crippen molar-refractivity contribution in [2.75, 3.05) is 11.9 Å². The molecule has 1 aliphatic heterocycles. The molecule has 2 aromatic rings.